The number of nitrogens with zero attached hydrogens (tertiary/aromatic N) is 1. The summed E-state index contributed by atoms with van der Waals surface area (Å²) in [6.07, 6.45) is 20.8. The van der Waals surface area contributed by atoms with Crippen molar-refractivity contribution in [3.8, 4) is 17.0 Å². The van der Waals surface area contributed by atoms with Crippen molar-refractivity contribution in [2.24, 2.45) is 11.8 Å². The standard InChI is InChI=1S/C30H45NO/c1-3-5-6-7-8-9-23-32-29-21-22-30(31-24-29)28-19-17-27(18-20-28)16-15-26-13-11-25(10-4-2)12-14-26/h17-22,24-26H,3-16,23H2,1-2H3. The molecule has 0 unspecified atom stereocenters. The highest BCUT2D eigenvalue weighted by molar-refractivity contribution is 5.59. The van der Waals surface area contributed by atoms with Crippen LogP contribution in [-0.2, 0) is 6.42 Å². The second-order valence-electron chi connectivity index (χ2n) is 9.91. The summed E-state index contributed by atoms with van der Waals surface area (Å²) >= 11 is 0. The van der Waals surface area contributed by atoms with Gasteiger partial charge < -0.3 is 4.74 Å². The topological polar surface area (TPSA) is 22.1 Å². The quantitative estimate of drug-likeness (QED) is 0.276. The molecule has 1 aromatic carbocycles. The fourth-order valence-electron chi connectivity index (χ4n) is 5.14. The highest BCUT2D eigenvalue weighted by Gasteiger charge is 2.20. The van der Waals surface area contributed by atoms with Gasteiger partial charge in [0.05, 0.1) is 18.5 Å². The fraction of sp³-hybridized carbons (Fsp3) is 0.633. The van der Waals surface area contributed by atoms with E-state index in [0.29, 0.717) is 0 Å². The van der Waals surface area contributed by atoms with Crippen molar-refractivity contribution in [1.29, 1.82) is 0 Å². The maximum Gasteiger partial charge on any atom is 0.137 e. The average Bonchev–Trinajstić information content (AvgIpc) is 2.84. The van der Waals surface area contributed by atoms with Gasteiger partial charge in [0.15, 0.2) is 0 Å². The van der Waals surface area contributed by atoms with E-state index in [1.54, 1.807) is 0 Å². The van der Waals surface area contributed by atoms with Gasteiger partial charge in [-0.3, -0.25) is 4.98 Å². The minimum absolute atomic E-state index is 0.794. The van der Waals surface area contributed by atoms with Crippen molar-refractivity contribution < 1.29 is 4.74 Å². The number of aromatic nitrogens is 1. The first-order valence-corrected chi connectivity index (χ1v) is 13.5. The Balaban J connectivity index is 1.37. The number of hydrogen-bond acceptors (Lipinski definition) is 2. The zero-order valence-electron chi connectivity index (χ0n) is 20.7. The Kier molecular flexibility index (Phi) is 11.1. The summed E-state index contributed by atoms with van der Waals surface area (Å²) in [6, 6.07) is 13.2. The molecule has 2 heteroatoms. The lowest BCUT2D eigenvalue weighted by Crippen LogP contribution is -2.15. The molecule has 1 saturated carbocycles. The molecule has 1 heterocycles. The van der Waals surface area contributed by atoms with E-state index in [-0.39, 0.29) is 0 Å². The molecule has 0 spiro atoms. The van der Waals surface area contributed by atoms with Crippen LogP contribution < -0.4 is 4.74 Å². The molecular weight excluding hydrogens is 390 g/mol. The van der Waals surface area contributed by atoms with E-state index in [1.807, 2.05) is 6.20 Å². The molecule has 176 valence electrons. The van der Waals surface area contributed by atoms with Gasteiger partial charge in [0.1, 0.15) is 5.75 Å². The van der Waals surface area contributed by atoms with Crippen LogP contribution in [0, 0.1) is 11.8 Å². The minimum Gasteiger partial charge on any atom is -0.492 e. The van der Waals surface area contributed by atoms with Gasteiger partial charge in [0.25, 0.3) is 0 Å². The molecule has 0 atom stereocenters. The van der Waals surface area contributed by atoms with Crippen LogP contribution in [0.15, 0.2) is 42.6 Å². The Hall–Kier alpha value is -1.83. The lowest BCUT2D eigenvalue weighted by atomic mass is 9.78. The molecule has 0 aliphatic heterocycles. The third-order valence-electron chi connectivity index (χ3n) is 7.26. The molecule has 0 radical (unpaired) electrons. The van der Waals surface area contributed by atoms with Gasteiger partial charge in [0, 0.05) is 5.56 Å². The van der Waals surface area contributed by atoms with Crippen LogP contribution in [0.1, 0.15) is 103 Å². The fourth-order valence-corrected chi connectivity index (χ4v) is 5.14. The molecular formula is C30H45NO. The second-order valence-corrected chi connectivity index (χ2v) is 9.91. The van der Waals surface area contributed by atoms with Crippen molar-refractivity contribution in [2.75, 3.05) is 6.61 Å². The van der Waals surface area contributed by atoms with Crippen LogP contribution in [0.3, 0.4) is 0 Å². The third kappa shape index (κ3) is 8.60. The first-order valence-electron chi connectivity index (χ1n) is 13.5. The van der Waals surface area contributed by atoms with Crippen LogP contribution in [0.2, 0.25) is 0 Å². The van der Waals surface area contributed by atoms with Crippen molar-refractivity contribution >= 4 is 0 Å². The van der Waals surface area contributed by atoms with Gasteiger partial charge >= 0.3 is 0 Å². The van der Waals surface area contributed by atoms with E-state index >= 15 is 0 Å². The second kappa shape index (κ2) is 14.3. The highest BCUT2D eigenvalue weighted by Crippen LogP contribution is 2.34. The normalized spacial score (nSPS) is 18.6. The van der Waals surface area contributed by atoms with E-state index in [1.165, 1.54) is 94.6 Å². The number of hydrogen-bond donors (Lipinski definition) is 0. The predicted octanol–water partition coefficient (Wildman–Crippen LogP) is 9.03. The van der Waals surface area contributed by atoms with Gasteiger partial charge in [-0.25, -0.2) is 0 Å². The van der Waals surface area contributed by atoms with E-state index < -0.39 is 0 Å². The maximum absolute atomic E-state index is 5.87. The Morgan fingerprint density at radius 1 is 0.750 bits per heavy atom. The smallest absolute Gasteiger partial charge is 0.137 e. The highest BCUT2D eigenvalue weighted by atomic mass is 16.5. The van der Waals surface area contributed by atoms with Crippen LogP contribution >= 0.6 is 0 Å². The molecule has 2 nitrogen and oxygen atoms in total. The Morgan fingerprint density at radius 2 is 1.44 bits per heavy atom. The maximum atomic E-state index is 5.87. The lowest BCUT2D eigenvalue weighted by Gasteiger charge is -2.28. The van der Waals surface area contributed by atoms with E-state index in [4.69, 9.17) is 4.74 Å². The predicted molar refractivity (Wildman–Crippen MR) is 137 cm³/mol. The summed E-state index contributed by atoms with van der Waals surface area (Å²) in [5, 5.41) is 0. The summed E-state index contributed by atoms with van der Waals surface area (Å²) in [5.74, 6) is 2.83. The number of unbranched alkanes of at least 4 members (excludes halogenated alkanes) is 5. The van der Waals surface area contributed by atoms with E-state index in [2.05, 4.69) is 55.2 Å². The molecule has 1 fully saturated rings. The molecule has 0 saturated heterocycles. The molecule has 3 rings (SSSR count). The molecule has 1 aliphatic rings. The van der Waals surface area contributed by atoms with Crippen LogP contribution in [0.25, 0.3) is 11.3 Å². The van der Waals surface area contributed by atoms with Crippen LogP contribution in [0.5, 0.6) is 5.75 Å². The summed E-state index contributed by atoms with van der Waals surface area (Å²) in [6.45, 7) is 5.38. The molecule has 0 amide bonds. The van der Waals surface area contributed by atoms with Crippen LogP contribution in [-0.4, -0.2) is 11.6 Å². The molecule has 1 aliphatic carbocycles. The van der Waals surface area contributed by atoms with Gasteiger partial charge in [-0.15, -0.1) is 0 Å². The average molecular weight is 436 g/mol. The zero-order chi connectivity index (χ0) is 22.4. The number of aryl methyl sites for hydroxylation is 1. The lowest BCUT2D eigenvalue weighted by molar-refractivity contribution is 0.252. The Labute approximate surface area is 197 Å². The Morgan fingerprint density at radius 3 is 2.09 bits per heavy atom. The van der Waals surface area contributed by atoms with E-state index in [9.17, 15) is 0 Å². The number of rotatable bonds is 14. The first-order chi connectivity index (χ1) is 15.8. The summed E-state index contributed by atoms with van der Waals surface area (Å²) in [5.41, 5.74) is 3.68. The molecule has 2 aromatic rings. The minimum atomic E-state index is 0.794. The summed E-state index contributed by atoms with van der Waals surface area (Å²) in [7, 11) is 0. The van der Waals surface area contributed by atoms with E-state index in [0.717, 1.165) is 36.3 Å². The third-order valence-corrected chi connectivity index (χ3v) is 7.26. The zero-order valence-corrected chi connectivity index (χ0v) is 20.7. The monoisotopic (exact) mass is 435 g/mol. The van der Waals surface area contributed by atoms with Gasteiger partial charge in [0.2, 0.25) is 0 Å². The summed E-state index contributed by atoms with van der Waals surface area (Å²) in [4.78, 5) is 4.63. The Bertz CT molecular complexity index is 728. The van der Waals surface area contributed by atoms with Crippen molar-refractivity contribution in [2.45, 2.75) is 104 Å². The van der Waals surface area contributed by atoms with Crippen LogP contribution in [0.4, 0.5) is 0 Å². The molecule has 1 aromatic heterocycles. The first kappa shape index (κ1) is 24.8. The van der Waals surface area contributed by atoms with Crippen molar-refractivity contribution in [1.82, 2.24) is 4.98 Å². The number of ether oxygens (including phenoxy) is 1. The molecule has 0 bridgehead atoms. The molecule has 0 N–H and O–H groups in total. The van der Waals surface area contributed by atoms with Gasteiger partial charge in [-0.05, 0) is 48.8 Å². The number of benzene rings is 1. The van der Waals surface area contributed by atoms with Gasteiger partial charge in [-0.2, -0.15) is 0 Å². The van der Waals surface area contributed by atoms with Gasteiger partial charge in [-0.1, -0.05) is 109 Å². The number of pyridine rings is 1. The molecule has 32 heavy (non-hydrogen) atoms. The summed E-state index contributed by atoms with van der Waals surface area (Å²) < 4.78 is 5.87. The largest absolute Gasteiger partial charge is 0.492 e. The van der Waals surface area contributed by atoms with Crippen molar-refractivity contribution in [3.05, 3.63) is 48.2 Å². The van der Waals surface area contributed by atoms with Crippen molar-refractivity contribution in [3.63, 3.8) is 0 Å². The SMILES string of the molecule is CCCCCCCCOc1ccc(-c2ccc(CCC3CCC(CCC)CC3)cc2)nc1.